The van der Waals surface area contributed by atoms with Crippen LogP contribution >= 0.6 is 8.67 Å². The Labute approximate surface area is 248 Å². The fraction of sp³-hybridized carbons (Fsp3) is 0.158. The van der Waals surface area contributed by atoms with E-state index in [1.807, 2.05) is 0 Å². The molecule has 1 aromatic heterocycles. The monoisotopic (exact) mass is 567 g/mol. The number of anilines is 1. The fourth-order valence-electron chi connectivity index (χ4n) is 6.57. The first-order valence-corrected chi connectivity index (χ1v) is 15.4. The van der Waals surface area contributed by atoms with Crippen LogP contribution in [0.2, 0.25) is 0 Å². The smallest absolute Gasteiger partial charge is 0.201 e. The summed E-state index contributed by atoms with van der Waals surface area (Å²) < 4.78 is 12.6. The maximum Gasteiger partial charge on any atom is 0.201 e. The average molecular weight is 568 g/mol. The minimum atomic E-state index is -0.0989. The minimum Gasteiger partial charge on any atom is -0.421 e. The second-order valence-electron chi connectivity index (χ2n) is 11.3. The fourth-order valence-corrected chi connectivity index (χ4v) is 7.22. The van der Waals surface area contributed by atoms with E-state index in [1.54, 1.807) is 0 Å². The lowest BCUT2D eigenvalue weighted by atomic mass is 9.92. The van der Waals surface area contributed by atoms with Gasteiger partial charge in [0.1, 0.15) is 11.2 Å². The molecule has 0 aliphatic heterocycles. The highest BCUT2D eigenvalue weighted by atomic mass is 31.1. The van der Waals surface area contributed by atoms with E-state index < -0.39 is 0 Å². The van der Waals surface area contributed by atoms with Gasteiger partial charge in [0.15, 0.2) is 0 Å². The van der Waals surface area contributed by atoms with E-state index in [9.17, 15) is 0 Å². The van der Waals surface area contributed by atoms with Crippen molar-refractivity contribution in [3.8, 4) is 0 Å². The van der Waals surface area contributed by atoms with Crippen molar-refractivity contribution in [1.29, 1.82) is 0 Å². The van der Waals surface area contributed by atoms with Crippen molar-refractivity contribution in [3.63, 3.8) is 0 Å². The van der Waals surface area contributed by atoms with Gasteiger partial charge < -0.3 is 13.3 Å². The molecule has 0 aliphatic rings. The Balaban J connectivity index is 1.62. The Hall–Kier alpha value is -4.46. The van der Waals surface area contributed by atoms with Gasteiger partial charge in [-0.25, -0.2) is 0 Å². The number of rotatable bonds is 5. The Morgan fingerprint density at radius 1 is 0.595 bits per heavy atom. The molecule has 42 heavy (non-hydrogen) atoms. The first-order chi connectivity index (χ1) is 20.5. The van der Waals surface area contributed by atoms with Gasteiger partial charge in [-0.3, -0.25) is 0 Å². The van der Waals surface area contributed by atoms with Gasteiger partial charge in [-0.1, -0.05) is 97.1 Å². The molecule has 3 atom stereocenters. The zero-order chi connectivity index (χ0) is 28.8. The number of hydrogen-bond donors (Lipinski definition) is 0. The molecule has 1 heterocycles. The second kappa shape index (κ2) is 10.7. The zero-order valence-electron chi connectivity index (χ0n) is 24.4. The van der Waals surface area contributed by atoms with Crippen LogP contribution in [0.5, 0.6) is 0 Å². The number of hydrogen-bond acceptors (Lipinski definition) is 3. The summed E-state index contributed by atoms with van der Waals surface area (Å²) in [5, 5.41) is 6.99. The van der Waals surface area contributed by atoms with E-state index in [1.165, 1.54) is 43.9 Å². The normalized spacial score (nSPS) is 13.2. The van der Waals surface area contributed by atoms with Gasteiger partial charge in [0.25, 0.3) is 0 Å². The maximum atomic E-state index is 6.38. The molecule has 6 aromatic carbocycles. The number of benzene rings is 6. The van der Waals surface area contributed by atoms with Crippen LogP contribution in [0, 0.1) is 13.8 Å². The van der Waals surface area contributed by atoms with Crippen LogP contribution < -0.4 is 4.90 Å². The van der Waals surface area contributed by atoms with E-state index >= 15 is 0 Å². The molecule has 7 rings (SSSR count). The topological polar surface area (TPSA) is 29.5 Å². The number of nitrogens with zero attached hydrogens (tertiary/aromatic N) is 1. The molecule has 0 fully saturated rings. The van der Waals surface area contributed by atoms with Crippen molar-refractivity contribution in [2.24, 2.45) is 0 Å². The van der Waals surface area contributed by atoms with Gasteiger partial charge in [-0.15, -0.1) is 0 Å². The molecular formula is C38H34NO2P. The lowest BCUT2D eigenvalue weighted by Gasteiger charge is -2.38. The zero-order valence-corrected chi connectivity index (χ0v) is 25.4. The van der Waals surface area contributed by atoms with Gasteiger partial charge in [-0.2, -0.15) is 0 Å². The summed E-state index contributed by atoms with van der Waals surface area (Å²) in [5.74, 6) is 0. The van der Waals surface area contributed by atoms with E-state index in [0.29, 0.717) is 0 Å². The first kappa shape index (κ1) is 26.4. The standard InChI is InChI=1S/C38H34NO2P/c1-24-21-33-32(23-25(2)38-37(33)36-31-18-12-11-17-30(31)19-20-35(36)40-42-41-38)34(22-24)39(26(3)28-13-7-5-8-14-28)27(4)29-15-9-6-10-16-29/h5-23,26-27,42H,1-4H3/t26-,27-/m0/s1. The lowest BCUT2D eigenvalue weighted by Crippen LogP contribution is -2.30. The van der Waals surface area contributed by atoms with Crippen LogP contribution in [0.3, 0.4) is 0 Å². The molecule has 4 heteroatoms. The summed E-state index contributed by atoms with van der Waals surface area (Å²) in [6.07, 6.45) is 0. The Morgan fingerprint density at radius 3 is 1.93 bits per heavy atom. The van der Waals surface area contributed by atoms with Crippen LogP contribution in [0.15, 0.2) is 124 Å². The molecular weight excluding hydrogens is 533 g/mol. The van der Waals surface area contributed by atoms with Crippen molar-refractivity contribution in [3.05, 3.63) is 138 Å². The highest BCUT2D eigenvalue weighted by Crippen LogP contribution is 2.45. The second-order valence-corrected chi connectivity index (χ2v) is 11.9. The molecule has 0 radical (unpaired) electrons. The largest absolute Gasteiger partial charge is 0.421 e. The predicted octanol–water partition coefficient (Wildman–Crippen LogP) is 11.6. The third-order valence-corrected chi connectivity index (χ3v) is 9.22. The quantitative estimate of drug-likeness (QED) is 0.207. The molecule has 0 saturated heterocycles. The molecule has 0 saturated carbocycles. The summed E-state index contributed by atoms with van der Waals surface area (Å²) in [5.41, 5.74) is 7.89. The number of fused-ring (bicyclic) bond motifs is 7. The third kappa shape index (κ3) is 4.46. The van der Waals surface area contributed by atoms with Crippen LogP contribution in [0.4, 0.5) is 5.69 Å². The van der Waals surface area contributed by atoms with Crippen molar-refractivity contribution < 1.29 is 8.39 Å². The Bertz CT molecular complexity index is 2060. The molecule has 1 unspecified atom stereocenters. The van der Waals surface area contributed by atoms with E-state index in [4.69, 9.17) is 8.39 Å². The molecule has 7 aromatic rings. The van der Waals surface area contributed by atoms with Crippen LogP contribution in [-0.2, 0) is 0 Å². The van der Waals surface area contributed by atoms with E-state index in [0.717, 1.165) is 27.5 Å². The van der Waals surface area contributed by atoms with Gasteiger partial charge in [0, 0.05) is 21.8 Å². The molecule has 0 amide bonds. The van der Waals surface area contributed by atoms with E-state index in [2.05, 4.69) is 148 Å². The molecule has 208 valence electrons. The van der Waals surface area contributed by atoms with E-state index in [-0.39, 0.29) is 20.8 Å². The lowest BCUT2D eigenvalue weighted by molar-refractivity contribution is 0.588. The predicted molar refractivity (Wildman–Crippen MR) is 180 cm³/mol. The van der Waals surface area contributed by atoms with Crippen molar-refractivity contribution in [1.82, 2.24) is 0 Å². The Kier molecular flexibility index (Phi) is 6.76. The third-order valence-electron chi connectivity index (χ3n) is 8.63. The number of aryl methyl sites for hydroxylation is 2. The molecule has 0 spiro atoms. The molecule has 0 aliphatic carbocycles. The van der Waals surface area contributed by atoms with Crippen LogP contribution in [-0.4, -0.2) is 0 Å². The minimum absolute atomic E-state index is 0.0989. The van der Waals surface area contributed by atoms with Gasteiger partial charge in [-0.05, 0) is 84.3 Å². The summed E-state index contributed by atoms with van der Waals surface area (Å²) in [4.78, 5) is 2.59. The molecule has 0 N–H and O–H groups in total. The van der Waals surface area contributed by atoms with Gasteiger partial charge in [0.05, 0.1) is 12.1 Å². The first-order valence-electron chi connectivity index (χ1n) is 14.6. The van der Waals surface area contributed by atoms with Crippen LogP contribution in [0.25, 0.3) is 43.5 Å². The van der Waals surface area contributed by atoms with Gasteiger partial charge >= 0.3 is 0 Å². The summed E-state index contributed by atoms with van der Waals surface area (Å²) in [7, 11) is -0.0989. The molecule has 0 bridgehead atoms. The maximum absolute atomic E-state index is 6.38. The Morgan fingerprint density at radius 2 is 1.24 bits per heavy atom. The van der Waals surface area contributed by atoms with Crippen molar-refractivity contribution in [2.45, 2.75) is 39.8 Å². The molecule has 3 nitrogen and oxygen atoms in total. The average Bonchev–Trinajstić information content (AvgIpc) is 3.23. The van der Waals surface area contributed by atoms with Gasteiger partial charge in [0.2, 0.25) is 8.67 Å². The summed E-state index contributed by atoms with van der Waals surface area (Å²) in [6, 6.07) is 41.7. The van der Waals surface area contributed by atoms with Crippen molar-refractivity contribution >= 4 is 57.8 Å². The highest BCUT2D eigenvalue weighted by molar-refractivity contribution is 7.15. The highest BCUT2D eigenvalue weighted by Gasteiger charge is 2.26. The van der Waals surface area contributed by atoms with Crippen LogP contribution in [0.1, 0.15) is 48.2 Å². The summed E-state index contributed by atoms with van der Waals surface area (Å²) in [6.45, 7) is 9.00. The SMILES string of the molecule is Cc1cc(N([C@@H](C)c2ccccc2)[C@@H](C)c2ccccc2)c2cc(C)c3o[pH]oc4ccc5ccccc5c4c3c2c1. The van der Waals surface area contributed by atoms with Crippen molar-refractivity contribution in [2.75, 3.05) is 4.90 Å². The summed E-state index contributed by atoms with van der Waals surface area (Å²) >= 11 is 0.